The fourth-order valence-electron chi connectivity index (χ4n) is 2.78. The molecule has 8 nitrogen and oxygen atoms in total. The van der Waals surface area contributed by atoms with E-state index < -0.39 is 24.4 Å². The average molecular weight is 464 g/mol. The minimum absolute atomic E-state index is 0.0920. The molecular formula is C16H13Cl3N4O4S. The molecule has 28 heavy (non-hydrogen) atoms. The number of nitrogens with two attached hydrogens (primary N) is 2. The summed E-state index contributed by atoms with van der Waals surface area (Å²) in [6, 6.07) is 0. The van der Waals surface area contributed by atoms with Crippen LogP contribution in [0.3, 0.4) is 0 Å². The van der Waals surface area contributed by atoms with Crippen LogP contribution in [0.15, 0.2) is 0 Å². The highest BCUT2D eigenvalue weighted by Gasteiger charge is 2.27. The molecule has 2 heterocycles. The molecule has 0 bridgehead atoms. The van der Waals surface area contributed by atoms with Crippen molar-refractivity contribution in [1.29, 1.82) is 0 Å². The summed E-state index contributed by atoms with van der Waals surface area (Å²) in [7, 11) is 0. The van der Waals surface area contributed by atoms with Crippen LogP contribution in [-0.2, 0) is 22.4 Å². The zero-order valence-corrected chi connectivity index (χ0v) is 17.2. The van der Waals surface area contributed by atoms with Gasteiger partial charge in [-0.1, -0.05) is 34.8 Å². The Bertz CT molecular complexity index is 1010. The highest BCUT2D eigenvalue weighted by atomic mass is 35.5. The van der Waals surface area contributed by atoms with Crippen molar-refractivity contribution in [3.63, 3.8) is 0 Å². The van der Waals surface area contributed by atoms with Gasteiger partial charge < -0.3 is 21.5 Å². The van der Waals surface area contributed by atoms with E-state index >= 15 is 0 Å². The van der Waals surface area contributed by atoms with Gasteiger partial charge in [-0.2, -0.15) is 0 Å². The number of primary amides is 1. The second kappa shape index (κ2) is 8.12. The molecule has 5 N–H and O–H groups in total. The number of nitrogen functional groups attached to an aromatic ring is 1. The lowest BCUT2D eigenvalue weighted by Crippen LogP contribution is -2.23. The molecule has 0 saturated heterocycles. The highest BCUT2D eigenvalue weighted by molar-refractivity contribution is 7.17. The minimum atomic E-state index is -1.01. The molecule has 1 aliphatic rings. The second-order valence-electron chi connectivity index (χ2n) is 5.84. The van der Waals surface area contributed by atoms with E-state index in [1.54, 1.807) is 0 Å². The SMILES string of the molecule is NC(=O)c1c(NC(=O)COC(=O)c2nc(Cl)c(Cl)c(N)c2Cl)sc2c1CCC2. The summed E-state index contributed by atoms with van der Waals surface area (Å²) in [6.07, 6.45) is 2.50. The Morgan fingerprint density at radius 1 is 1.18 bits per heavy atom. The number of nitrogens with one attached hydrogen (secondary N) is 1. The topological polar surface area (TPSA) is 137 Å². The first-order chi connectivity index (χ1) is 13.2. The molecule has 0 fully saturated rings. The van der Waals surface area contributed by atoms with Crippen LogP contribution in [0.2, 0.25) is 15.2 Å². The average Bonchev–Trinajstić information content (AvgIpc) is 3.21. The number of hydrogen-bond acceptors (Lipinski definition) is 7. The Labute approximate surface area is 178 Å². The van der Waals surface area contributed by atoms with Gasteiger partial charge in [0.15, 0.2) is 17.5 Å². The van der Waals surface area contributed by atoms with Crippen molar-refractivity contribution < 1.29 is 19.1 Å². The Morgan fingerprint density at radius 3 is 2.57 bits per heavy atom. The van der Waals surface area contributed by atoms with Gasteiger partial charge in [-0.15, -0.1) is 11.3 Å². The van der Waals surface area contributed by atoms with Gasteiger partial charge >= 0.3 is 5.97 Å². The number of thiophene rings is 1. The third-order valence-electron chi connectivity index (χ3n) is 4.02. The molecule has 148 valence electrons. The molecule has 0 radical (unpaired) electrons. The van der Waals surface area contributed by atoms with Crippen molar-refractivity contribution in [2.45, 2.75) is 19.3 Å². The maximum atomic E-state index is 12.2. The number of esters is 1. The van der Waals surface area contributed by atoms with Crippen LogP contribution in [-0.4, -0.2) is 29.4 Å². The van der Waals surface area contributed by atoms with Crippen LogP contribution in [0.4, 0.5) is 10.7 Å². The fourth-order valence-corrected chi connectivity index (χ4v) is 4.68. The number of nitrogens with zero attached hydrogens (tertiary/aromatic N) is 1. The van der Waals surface area contributed by atoms with Gasteiger partial charge in [0.2, 0.25) is 0 Å². The van der Waals surface area contributed by atoms with Gasteiger partial charge in [0.25, 0.3) is 11.8 Å². The smallest absolute Gasteiger partial charge is 0.359 e. The first-order valence-corrected chi connectivity index (χ1v) is 9.87. The van der Waals surface area contributed by atoms with Gasteiger partial charge in [-0.25, -0.2) is 9.78 Å². The summed E-state index contributed by atoms with van der Waals surface area (Å²) in [6.45, 7) is -0.641. The molecule has 0 atom stereocenters. The van der Waals surface area contributed by atoms with Gasteiger partial charge in [-0.05, 0) is 24.8 Å². The Kier molecular flexibility index (Phi) is 5.99. The number of rotatable bonds is 5. The van der Waals surface area contributed by atoms with Crippen LogP contribution in [0.25, 0.3) is 0 Å². The zero-order chi connectivity index (χ0) is 20.6. The summed E-state index contributed by atoms with van der Waals surface area (Å²) in [4.78, 5) is 40.8. The molecule has 2 aromatic heterocycles. The number of halogens is 3. The molecule has 1 aliphatic carbocycles. The Hall–Kier alpha value is -2.07. The van der Waals surface area contributed by atoms with E-state index in [4.69, 9.17) is 51.0 Å². The maximum Gasteiger partial charge on any atom is 0.359 e. The Balaban J connectivity index is 1.69. The number of hydrogen-bond donors (Lipinski definition) is 3. The van der Waals surface area contributed by atoms with E-state index in [0.29, 0.717) is 10.6 Å². The molecule has 0 aliphatic heterocycles. The zero-order valence-electron chi connectivity index (χ0n) is 14.1. The van der Waals surface area contributed by atoms with E-state index in [1.165, 1.54) is 11.3 Å². The van der Waals surface area contributed by atoms with Crippen molar-refractivity contribution in [1.82, 2.24) is 4.98 Å². The fraction of sp³-hybridized carbons (Fsp3) is 0.250. The highest BCUT2D eigenvalue weighted by Crippen LogP contribution is 2.39. The molecule has 2 aromatic rings. The summed E-state index contributed by atoms with van der Waals surface area (Å²) in [5.41, 5.74) is 11.8. The predicted molar refractivity (Wildman–Crippen MR) is 107 cm³/mol. The molecule has 0 spiro atoms. The third kappa shape index (κ3) is 3.88. The van der Waals surface area contributed by atoms with E-state index in [9.17, 15) is 14.4 Å². The van der Waals surface area contributed by atoms with Crippen molar-refractivity contribution in [3.8, 4) is 0 Å². The number of amides is 2. The van der Waals surface area contributed by atoms with E-state index in [2.05, 4.69) is 10.3 Å². The summed E-state index contributed by atoms with van der Waals surface area (Å²) in [5, 5.41) is 2.35. The standard InChI is InChI=1S/C16H13Cl3N4O4S/c17-9-11(20)10(18)13(19)23-12(9)16(26)27-4-7(24)22-15-8(14(21)25)5-2-1-3-6(5)28-15/h1-4H2,(H2,20,23)(H2,21,25)(H,22,24). The molecule has 0 unspecified atom stereocenters. The second-order valence-corrected chi connectivity index (χ2v) is 8.06. The summed E-state index contributed by atoms with van der Waals surface area (Å²) >= 11 is 18.8. The van der Waals surface area contributed by atoms with E-state index in [-0.39, 0.29) is 26.6 Å². The van der Waals surface area contributed by atoms with Crippen LogP contribution in [0.5, 0.6) is 0 Å². The lowest BCUT2D eigenvalue weighted by Gasteiger charge is -2.09. The van der Waals surface area contributed by atoms with Crippen molar-refractivity contribution in [2.75, 3.05) is 17.7 Å². The molecule has 0 aromatic carbocycles. The number of carbonyl (C=O) groups excluding carboxylic acids is 3. The number of carbonyl (C=O) groups is 3. The quantitative estimate of drug-likeness (QED) is 0.460. The largest absolute Gasteiger partial charge is 0.451 e. The number of ether oxygens (including phenoxy) is 1. The van der Waals surface area contributed by atoms with Crippen LogP contribution >= 0.6 is 46.1 Å². The summed E-state index contributed by atoms with van der Waals surface area (Å²) in [5.74, 6) is -2.27. The van der Waals surface area contributed by atoms with Crippen LogP contribution < -0.4 is 16.8 Å². The Morgan fingerprint density at radius 2 is 1.89 bits per heavy atom. The van der Waals surface area contributed by atoms with Gasteiger partial charge in [0, 0.05) is 4.88 Å². The molecule has 3 rings (SSSR count). The monoisotopic (exact) mass is 462 g/mol. The molecular weight excluding hydrogens is 451 g/mol. The number of aromatic nitrogens is 1. The van der Waals surface area contributed by atoms with Crippen LogP contribution in [0.1, 0.15) is 37.7 Å². The number of pyridine rings is 1. The molecule has 0 saturated carbocycles. The summed E-state index contributed by atoms with van der Waals surface area (Å²) < 4.78 is 4.90. The van der Waals surface area contributed by atoms with Crippen LogP contribution in [0, 0.1) is 0 Å². The number of fused-ring (bicyclic) bond motifs is 1. The van der Waals surface area contributed by atoms with Crippen molar-refractivity contribution in [3.05, 3.63) is 36.9 Å². The lowest BCUT2D eigenvalue weighted by atomic mass is 10.1. The van der Waals surface area contributed by atoms with Gasteiger partial charge in [0.05, 0.1) is 16.3 Å². The predicted octanol–water partition coefficient (Wildman–Crippen LogP) is 3.07. The first kappa shape index (κ1) is 20.7. The van der Waals surface area contributed by atoms with Crippen molar-refractivity contribution in [2.24, 2.45) is 5.73 Å². The first-order valence-electron chi connectivity index (χ1n) is 7.92. The molecule has 12 heteroatoms. The number of anilines is 2. The van der Waals surface area contributed by atoms with Crippen molar-refractivity contribution >= 4 is 74.6 Å². The molecule has 2 amide bonds. The van der Waals surface area contributed by atoms with Gasteiger partial charge in [0.1, 0.15) is 10.0 Å². The normalized spacial score (nSPS) is 12.5. The maximum absolute atomic E-state index is 12.2. The lowest BCUT2D eigenvalue weighted by molar-refractivity contribution is -0.119. The van der Waals surface area contributed by atoms with E-state index in [0.717, 1.165) is 29.7 Å². The minimum Gasteiger partial charge on any atom is -0.451 e. The third-order valence-corrected chi connectivity index (χ3v) is 6.36. The van der Waals surface area contributed by atoms with Gasteiger partial charge in [-0.3, -0.25) is 9.59 Å². The van der Waals surface area contributed by atoms with E-state index in [1.807, 2.05) is 0 Å². The number of aryl methyl sites for hydroxylation is 1.